The number of anilines is 1. The van der Waals surface area contributed by atoms with Gasteiger partial charge in [0.05, 0.1) is 12.7 Å². The molecule has 5 heteroatoms. The molecule has 0 bridgehead atoms. The molecule has 1 aliphatic rings. The van der Waals surface area contributed by atoms with Crippen LogP contribution in [-0.4, -0.2) is 31.1 Å². The third-order valence-electron chi connectivity index (χ3n) is 3.59. The predicted molar refractivity (Wildman–Crippen MR) is 81.7 cm³/mol. The molecule has 0 atom stereocenters. The fourth-order valence-electron chi connectivity index (χ4n) is 2.41. The molecular formula is C16H22N2O3. The number of urea groups is 1. The lowest BCUT2D eigenvalue weighted by Crippen LogP contribution is -2.32. The minimum atomic E-state index is -0.263. The number of hydrogen-bond donors (Lipinski definition) is 2. The summed E-state index contributed by atoms with van der Waals surface area (Å²) in [5.74, 6) is 0.00932. The third-order valence-corrected chi connectivity index (χ3v) is 3.59. The molecule has 21 heavy (non-hydrogen) atoms. The molecule has 1 aromatic carbocycles. The van der Waals surface area contributed by atoms with Crippen LogP contribution in [0.1, 0.15) is 43.0 Å². The summed E-state index contributed by atoms with van der Waals surface area (Å²) in [6.45, 7) is 2.55. The maximum absolute atomic E-state index is 11.7. The van der Waals surface area contributed by atoms with Crippen LogP contribution in [0.5, 0.6) is 0 Å². The molecule has 0 heterocycles. The van der Waals surface area contributed by atoms with Crippen molar-refractivity contribution in [3.8, 4) is 0 Å². The van der Waals surface area contributed by atoms with Crippen molar-refractivity contribution in [3.05, 3.63) is 29.8 Å². The van der Waals surface area contributed by atoms with Crippen molar-refractivity contribution in [1.29, 1.82) is 0 Å². The van der Waals surface area contributed by atoms with Gasteiger partial charge in [-0.15, -0.1) is 0 Å². The molecule has 0 radical (unpaired) electrons. The van der Waals surface area contributed by atoms with Gasteiger partial charge >= 0.3 is 6.03 Å². The summed E-state index contributed by atoms with van der Waals surface area (Å²) in [6.07, 6.45) is 5.13. The number of rotatable bonds is 6. The first kappa shape index (κ1) is 15.5. The average molecular weight is 290 g/mol. The van der Waals surface area contributed by atoms with E-state index in [1.165, 1.54) is 19.8 Å². The number of nitrogens with one attached hydrogen (secondary N) is 2. The highest BCUT2D eigenvalue weighted by molar-refractivity contribution is 5.95. The molecule has 0 saturated heterocycles. The van der Waals surface area contributed by atoms with Crippen LogP contribution >= 0.6 is 0 Å². The first-order valence-corrected chi connectivity index (χ1v) is 7.42. The fraction of sp³-hybridized carbons (Fsp3) is 0.500. The van der Waals surface area contributed by atoms with Gasteiger partial charge in [0.15, 0.2) is 5.78 Å². The fourth-order valence-corrected chi connectivity index (χ4v) is 2.41. The van der Waals surface area contributed by atoms with E-state index < -0.39 is 0 Å². The molecular weight excluding hydrogens is 268 g/mol. The van der Waals surface area contributed by atoms with E-state index in [0.717, 1.165) is 12.8 Å². The minimum absolute atomic E-state index is 0.00932. The average Bonchev–Trinajstić information content (AvgIpc) is 2.97. The molecule has 1 fully saturated rings. The van der Waals surface area contributed by atoms with Crippen molar-refractivity contribution < 1.29 is 14.3 Å². The molecule has 0 unspecified atom stereocenters. The number of carbonyl (C=O) groups is 2. The quantitative estimate of drug-likeness (QED) is 0.625. The normalized spacial score (nSPS) is 14.9. The Morgan fingerprint density at radius 3 is 2.48 bits per heavy atom. The van der Waals surface area contributed by atoms with Crippen molar-refractivity contribution in [1.82, 2.24) is 5.32 Å². The zero-order chi connectivity index (χ0) is 15.1. The Hall–Kier alpha value is -1.88. The number of Topliss-reactive ketones (excluding diaryl/α,β-unsaturated/α-hetero) is 1. The minimum Gasteiger partial charge on any atom is -0.376 e. The second-order valence-corrected chi connectivity index (χ2v) is 5.29. The second-order valence-electron chi connectivity index (χ2n) is 5.29. The molecule has 0 aromatic heterocycles. The Morgan fingerprint density at radius 2 is 1.86 bits per heavy atom. The zero-order valence-corrected chi connectivity index (χ0v) is 12.4. The number of ketones is 1. The zero-order valence-electron chi connectivity index (χ0n) is 12.4. The summed E-state index contributed by atoms with van der Waals surface area (Å²) in [7, 11) is 0. The molecule has 0 aliphatic heterocycles. The summed E-state index contributed by atoms with van der Waals surface area (Å²) in [5, 5.41) is 5.47. The smallest absolute Gasteiger partial charge is 0.319 e. The Kier molecular flexibility index (Phi) is 5.75. The monoisotopic (exact) mass is 290 g/mol. The summed E-state index contributed by atoms with van der Waals surface area (Å²) >= 11 is 0. The third kappa shape index (κ3) is 5.19. The number of carbonyl (C=O) groups excluding carboxylic acids is 2. The van der Waals surface area contributed by atoms with Crippen LogP contribution < -0.4 is 10.6 Å². The molecule has 114 valence electrons. The Balaban J connectivity index is 1.65. The van der Waals surface area contributed by atoms with Gasteiger partial charge < -0.3 is 15.4 Å². The van der Waals surface area contributed by atoms with Gasteiger partial charge in [-0.05, 0) is 44.0 Å². The van der Waals surface area contributed by atoms with Gasteiger partial charge in [0.2, 0.25) is 0 Å². The van der Waals surface area contributed by atoms with Crippen LogP contribution in [0.25, 0.3) is 0 Å². The van der Waals surface area contributed by atoms with E-state index in [2.05, 4.69) is 10.6 Å². The van der Waals surface area contributed by atoms with E-state index in [4.69, 9.17) is 4.74 Å². The highest BCUT2D eigenvalue weighted by Gasteiger charge is 2.14. The molecule has 1 aromatic rings. The summed E-state index contributed by atoms with van der Waals surface area (Å²) in [5.41, 5.74) is 1.29. The highest BCUT2D eigenvalue weighted by Crippen LogP contribution is 2.20. The Morgan fingerprint density at radius 1 is 1.19 bits per heavy atom. The van der Waals surface area contributed by atoms with E-state index in [9.17, 15) is 9.59 Å². The lowest BCUT2D eigenvalue weighted by Gasteiger charge is -2.12. The number of amides is 2. The lowest BCUT2D eigenvalue weighted by molar-refractivity contribution is 0.0615. The number of ether oxygens (including phenoxy) is 1. The van der Waals surface area contributed by atoms with Crippen molar-refractivity contribution in [2.45, 2.75) is 38.7 Å². The van der Waals surface area contributed by atoms with Gasteiger partial charge in [-0.25, -0.2) is 4.79 Å². The van der Waals surface area contributed by atoms with Crippen LogP contribution in [0.4, 0.5) is 10.5 Å². The van der Waals surface area contributed by atoms with E-state index in [0.29, 0.717) is 30.5 Å². The molecule has 1 aliphatic carbocycles. The molecule has 2 N–H and O–H groups in total. The number of hydrogen-bond acceptors (Lipinski definition) is 3. The van der Waals surface area contributed by atoms with Crippen molar-refractivity contribution in [3.63, 3.8) is 0 Å². The Bertz CT molecular complexity index is 479. The summed E-state index contributed by atoms with van der Waals surface area (Å²) in [4.78, 5) is 22.8. The van der Waals surface area contributed by atoms with Gasteiger partial charge in [-0.1, -0.05) is 12.8 Å². The van der Waals surface area contributed by atoms with Gasteiger partial charge in [0, 0.05) is 17.8 Å². The van der Waals surface area contributed by atoms with E-state index in [1.807, 2.05) is 0 Å². The van der Waals surface area contributed by atoms with E-state index in [1.54, 1.807) is 24.3 Å². The van der Waals surface area contributed by atoms with Gasteiger partial charge in [0.25, 0.3) is 0 Å². The first-order valence-electron chi connectivity index (χ1n) is 7.42. The Labute approximate surface area is 125 Å². The SMILES string of the molecule is CC(=O)c1ccc(NC(=O)NCCOC2CCCC2)cc1. The molecule has 2 amide bonds. The lowest BCUT2D eigenvalue weighted by atomic mass is 10.1. The first-order chi connectivity index (χ1) is 10.1. The topological polar surface area (TPSA) is 67.4 Å². The van der Waals surface area contributed by atoms with E-state index in [-0.39, 0.29) is 11.8 Å². The number of benzene rings is 1. The molecule has 0 spiro atoms. The van der Waals surface area contributed by atoms with Crippen LogP contribution in [0, 0.1) is 0 Å². The van der Waals surface area contributed by atoms with Crippen LogP contribution in [0.3, 0.4) is 0 Å². The summed E-state index contributed by atoms with van der Waals surface area (Å²) in [6, 6.07) is 6.56. The second kappa shape index (κ2) is 7.78. The van der Waals surface area contributed by atoms with Crippen LogP contribution in [0.2, 0.25) is 0 Å². The van der Waals surface area contributed by atoms with Crippen LogP contribution in [-0.2, 0) is 4.74 Å². The largest absolute Gasteiger partial charge is 0.376 e. The summed E-state index contributed by atoms with van der Waals surface area (Å²) < 4.78 is 5.67. The van der Waals surface area contributed by atoms with Crippen LogP contribution in [0.15, 0.2) is 24.3 Å². The standard InChI is InChI=1S/C16H22N2O3/c1-12(19)13-6-8-14(9-7-13)18-16(20)17-10-11-21-15-4-2-3-5-15/h6-9,15H,2-5,10-11H2,1H3,(H2,17,18,20). The van der Waals surface area contributed by atoms with Gasteiger partial charge in [0.1, 0.15) is 0 Å². The molecule has 5 nitrogen and oxygen atoms in total. The maximum Gasteiger partial charge on any atom is 0.319 e. The van der Waals surface area contributed by atoms with Crippen molar-refractivity contribution in [2.24, 2.45) is 0 Å². The maximum atomic E-state index is 11.7. The van der Waals surface area contributed by atoms with Gasteiger partial charge in [-0.3, -0.25) is 4.79 Å². The predicted octanol–water partition coefficient (Wildman–Crippen LogP) is 2.97. The van der Waals surface area contributed by atoms with E-state index >= 15 is 0 Å². The van der Waals surface area contributed by atoms with Crippen molar-refractivity contribution >= 4 is 17.5 Å². The van der Waals surface area contributed by atoms with Gasteiger partial charge in [-0.2, -0.15) is 0 Å². The highest BCUT2D eigenvalue weighted by atomic mass is 16.5. The molecule has 1 saturated carbocycles. The van der Waals surface area contributed by atoms with Crippen molar-refractivity contribution in [2.75, 3.05) is 18.5 Å². The molecule has 2 rings (SSSR count).